The first-order valence-corrected chi connectivity index (χ1v) is 12.4. The Hall–Kier alpha value is -2.23. The van der Waals surface area contributed by atoms with E-state index >= 15 is 0 Å². The lowest BCUT2D eigenvalue weighted by molar-refractivity contribution is -0.115. The highest BCUT2D eigenvalue weighted by Crippen LogP contribution is 2.45. The first-order valence-electron chi connectivity index (χ1n) is 9.98. The van der Waals surface area contributed by atoms with Crippen LogP contribution in [0.5, 0.6) is 0 Å². The van der Waals surface area contributed by atoms with E-state index in [-0.39, 0.29) is 22.6 Å². The lowest BCUT2D eigenvalue weighted by Crippen LogP contribution is -2.55. The highest BCUT2D eigenvalue weighted by molar-refractivity contribution is 7.91. The number of sulfone groups is 1. The van der Waals surface area contributed by atoms with Crippen molar-refractivity contribution in [3.8, 4) is 0 Å². The van der Waals surface area contributed by atoms with Crippen molar-refractivity contribution in [2.75, 3.05) is 18.2 Å². The fourth-order valence-electron chi connectivity index (χ4n) is 4.10. The van der Waals surface area contributed by atoms with Crippen LogP contribution < -0.4 is 10.6 Å². The number of amides is 1. The van der Waals surface area contributed by atoms with Crippen LogP contribution in [0.4, 0.5) is 5.00 Å². The molecule has 0 unspecified atom stereocenters. The van der Waals surface area contributed by atoms with Gasteiger partial charge in [0, 0.05) is 22.4 Å². The number of esters is 1. The summed E-state index contributed by atoms with van der Waals surface area (Å²) in [7, 11) is -2.27. The first kappa shape index (κ1) is 23.4. The molecule has 1 aliphatic rings. The number of anilines is 1. The van der Waals surface area contributed by atoms with Crippen LogP contribution in [0.2, 0.25) is 0 Å². The summed E-state index contributed by atoms with van der Waals surface area (Å²) in [6.07, 6.45) is 0.387. The van der Waals surface area contributed by atoms with Crippen LogP contribution in [0.1, 0.15) is 54.9 Å². The Kier molecular flexibility index (Phi) is 6.32. The van der Waals surface area contributed by atoms with Crippen molar-refractivity contribution < 1.29 is 22.7 Å². The molecule has 9 heteroatoms. The minimum atomic E-state index is -3.57. The van der Waals surface area contributed by atoms with Crippen molar-refractivity contribution in [3.63, 3.8) is 0 Å². The molecule has 1 amide bonds. The second-order valence-electron chi connectivity index (χ2n) is 8.85. The number of hydrogen-bond donors (Lipinski definition) is 2. The molecule has 0 radical (unpaired) electrons. The number of carbonyl (C=O) groups is 2. The largest absolute Gasteiger partial charge is 0.465 e. The molecule has 2 N–H and O–H groups in total. The fraction of sp³-hybridized carbons (Fsp3) is 0.455. The van der Waals surface area contributed by atoms with E-state index in [1.54, 1.807) is 18.2 Å². The van der Waals surface area contributed by atoms with Gasteiger partial charge in [0.15, 0.2) is 9.84 Å². The third-order valence-electron chi connectivity index (χ3n) is 5.19. The van der Waals surface area contributed by atoms with E-state index in [0.29, 0.717) is 17.0 Å². The molecular weight excluding hydrogens is 436 g/mol. The van der Waals surface area contributed by atoms with Crippen molar-refractivity contribution in [1.29, 1.82) is 0 Å². The van der Waals surface area contributed by atoms with Gasteiger partial charge >= 0.3 is 5.97 Å². The summed E-state index contributed by atoms with van der Waals surface area (Å²) in [6.45, 7) is 8.18. The van der Waals surface area contributed by atoms with Gasteiger partial charge in [-0.25, -0.2) is 13.2 Å². The summed E-state index contributed by atoms with van der Waals surface area (Å²) in [5.41, 5.74) is 0.567. The molecule has 0 atom stereocenters. The molecule has 0 aliphatic carbocycles. The number of benzene rings is 1. The number of thiophene rings is 1. The standard InChI is InChI=1S/C22H28N2O5S2/c1-21(2)13-15-17(20(26)29-5)19(30-18(15)22(3,4)24-21)23-16(25)11-12-31(27,28)14-9-7-6-8-10-14/h6-10,24H,11-13H2,1-5H3,(H,23,25). The highest BCUT2D eigenvalue weighted by Gasteiger charge is 2.42. The zero-order chi connectivity index (χ0) is 23.0. The van der Waals surface area contributed by atoms with E-state index in [1.807, 2.05) is 13.8 Å². The van der Waals surface area contributed by atoms with Crippen LogP contribution in [-0.4, -0.2) is 38.7 Å². The SMILES string of the molecule is COC(=O)c1c(NC(=O)CCS(=O)(=O)c2ccccc2)sc2c1CC(C)(C)NC2(C)C. The maximum atomic E-state index is 12.6. The van der Waals surface area contributed by atoms with Gasteiger partial charge in [-0.2, -0.15) is 0 Å². The van der Waals surface area contributed by atoms with E-state index in [0.717, 1.165) is 10.4 Å². The van der Waals surface area contributed by atoms with Gasteiger partial charge < -0.3 is 15.4 Å². The normalized spacial score (nSPS) is 16.9. The van der Waals surface area contributed by atoms with Gasteiger partial charge in [0.2, 0.25) is 5.91 Å². The van der Waals surface area contributed by atoms with Crippen molar-refractivity contribution in [2.45, 2.75) is 56.5 Å². The average Bonchev–Trinajstić information content (AvgIpc) is 3.03. The molecule has 0 saturated carbocycles. The highest BCUT2D eigenvalue weighted by atomic mass is 32.2. The molecule has 1 aromatic heterocycles. The van der Waals surface area contributed by atoms with Crippen LogP contribution in [0.15, 0.2) is 35.2 Å². The second-order valence-corrected chi connectivity index (χ2v) is 12.0. The van der Waals surface area contributed by atoms with Crippen molar-refractivity contribution in [1.82, 2.24) is 5.32 Å². The second kappa shape index (κ2) is 8.37. The molecule has 1 aromatic carbocycles. The summed E-state index contributed by atoms with van der Waals surface area (Å²) < 4.78 is 29.9. The van der Waals surface area contributed by atoms with E-state index in [1.165, 1.54) is 30.6 Å². The van der Waals surface area contributed by atoms with Crippen LogP contribution in [-0.2, 0) is 31.3 Å². The summed E-state index contributed by atoms with van der Waals surface area (Å²) in [5, 5.41) is 6.72. The molecule has 31 heavy (non-hydrogen) atoms. The predicted octanol–water partition coefficient (Wildman–Crippen LogP) is 3.50. The minimum Gasteiger partial charge on any atom is -0.465 e. The number of methoxy groups -OCH3 is 1. The molecule has 0 saturated heterocycles. The Balaban J connectivity index is 1.86. The average molecular weight is 465 g/mol. The van der Waals surface area contributed by atoms with Crippen molar-refractivity contribution >= 4 is 38.1 Å². The molecule has 1 aliphatic heterocycles. The van der Waals surface area contributed by atoms with E-state index in [4.69, 9.17) is 4.74 Å². The van der Waals surface area contributed by atoms with E-state index < -0.39 is 27.3 Å². The maximum Gasteiger partial charge on any atom is 0.341 e. The quantitative estimate of drug-likeness (QED) is 0.635. The summed E-state index contributed by atoms with van der Waals surface area (Å²) in [6, 6.07) is 8.03. The number of nitrogens with one attached hydrogen (secondary N) is 2. The Morgan fingerprint density at radius 2 is 1.81 bits per heavy atom. The zero-order valence-corrected chi connectivity index (χ0v) is 20.0. The third kappa shape index (κ3) is 4.99. The third-order valence-corrected chi connectivity index (χ3v) is 8.39. The van der Waals surface area contributed by atoms with Gasteiger partial charge in [-0.1, -0.05) is 18.2 Å². The number of fused-ring (bicyclic) bond motifs is 1. The van der Waals surface area contributed by atoms with E-state index in [9.17, 15) is 18.0 Å². The molecule has 7 nitrogen and oxygen atoms in total. The lowest BCUT2D eigenvalue weighted by Gasteiger charge is -2.42. The van der Waals surface area contributed by atoms with Crippen LogP contribution in [0.25, 0.3) is 0 Å². The molecular formula is C22H28N2O5S2. The number of hydrogen-bond acceptors (Lipinski definition) is 7. The van der Waals surface area contributed by atoms with Gasteiger partial charge in [0.1, 0.15) is 5.00 Å². The van der Waals surface area contributed by atoms with Crippen LogP contribution in [0.3, 0.4) is 0 Å². The molecule has 3 rings (SSSR count). The summed E-state index contributed by atoms with van der Waals surface area (Å²) in [5.74, 6) is -1.30. The van der Waals surface area contributed by atoms with E-state index in [2.05, 4.69) is 24.5 Å². The topological polar surface area (TPSA) is 102 Å². The van der Waals surface area contributed by atoms with Gasteiger partial charge in [0.25, 0.3) is 0 Å². The lowest BCUT2D eigenvalue weighted by atomic mass is 9.81. The van der Waals surface area contributed by atoms with Gasteiger partial charge in [-0.15, -0.1) is 11.3 Å². The van der Waals surface area contributed by atoms with Crippen LogP contribution >= 0.6 is 11.3 Å². The minimum absolute atomic E-state index is 0.180. The Bertz CT molecular complexity index is 1100. The fourth-order valence-corrected chi connectivity index (χ4v) is 6.64. The monoisotopic (exact) mass is 464 g/mol. The molecule has 168 valence electrons. The first-order chi connectivity index (χ1) is 14.4. The summed E-state index contributed by atoms with van der Waals surface area (Å²) >= 11 is 1.33. The molecule has 0 bridgehead atoms. The van der Waals surface area contributed by atoms with Crippen molar-refractivity contribution in [2.24, 2.45) is 0 Å². The number of ether oxygens (including phenoxy) is 1. The summed E-state index contributed by atoms with van der Waals surface area (Å²) in [4.78, 5) is 26.3. The maximum absolute atomic E-state index is 12.6. The Labute approximate surface area is 187 Å². The van der Waals surface area contributed by atoms with Crippen molar-refractivity contribution in [3.05, 3.63) is 46.3 Å². The smallest absolute Gasteiger partial charge is 0.341 e. The van der Waals surface area contributed by atoms with Gasteiger partial charge in [-0.3, -0.25) is 4.79 Å². The zero-order valence-electron chi connectivity index (χ0n) is 18.4. The van der Waals surface area contributed by atoms with Gasteiger partial charge in [0.05, 0.1) is 23.3 Å². The molecule has 0 spiro atoms. The van der Waals surface area contributed by atoms with Crippen LogP contribution in [0, 0.1) is 0 Å². The molecule has 2 heterocycles. The van der Waals surface area contributed by atoms with Gasteiger partial charge in [-0.05, 0) is 51.8 Å². The predicted molar refractivity (Wildman–Crippen MR) is 121 cm³/mol. The Morgan fingerprint density at radius 3 is 2.42 bits per heavy atom. The number of carbonyl (C=O) groups excluding carboxylic acids is 2. The Morgan fingerprint density at radius 1 is 1.16 bits per heavy atom. The number of rotatable bonds is 6. The molecule has 0 fully saturated rings. The molecule has 2 aromatic rings.